The predicted octanol–water partition coefficient (Wildman–Crippen LogP) is 2.02. The van der Waals surface area contributed by atoms with Crippen molar-refractivity contribution in [2.75, 3.05) is 39.2 Å². The van der Waals surface area contributed by atoms with Gasteiger partial charge in [0.25, 0.3) is 5.91 Å². The molecule has 0 radical (unpaired) electrons. The number of nitrogens with one attached hydrogen (secondary N) is 1. The van der Waals surface area contributed by atoms with Crippen molar-refractivity contribution in [2.24, 2.45) is 0 Å². The summed E-state index contributed by atoms with van der Waals surface area (Å²) < 4.78 is 12.1. The van der Waals surface area contributed by atoms with Gasteiger partial charge in [-0.25, -0.2) is 4.68 Å². The molecule has 1 aliphatic heterocycles. The van der Waals surface area contributed by atoms with Crippen molar-refractivity contribution >= 4 is 17.6 Å². The highest BCUT2D eigenvalue weighted by Gasteiger charge is 2.27. The third-order valence-electron chi connectivity index (χ3n) is 4.93. The second-order valence-electron chi connectivity index (χ2n) is 6.72. The van der Waals surface area contributed by atoms with Gasteiger partial charge in [-0.15, -0.1) is 0 Å². The molecule has 1 aromatic carbocycles. The Morgan fingerprint density at radius 2 is 1.89 bits per heavy atom. The maximum atomic E-state index is 12.7. The quantitative estimate of drug-likeness (QED) is 0.787. The zero-order chi connectivity index (χ0) is 19.9. The lowest BCUT2D eigenvalue weighted by Gasteiger charge is -2.32. The summed E-state index contributed by atoms with van der Waals surface area (Å²) in [5, 5.41) is 7.32. The standard InChI is InChI=1S/C20H26N4O4/c1-27-14-18(25)23-12-9-16(10-13-23)24-17(8-11-21-24)22-20(26)19(28-2)15-6-4-3-5-7-15/h3-8,11,16,19H,9-10,12-14H2,1-2H3,(H,22,26)/t19-/m1/s1. The van der Waals surface area contributed by atoms with E-state index in [4.69, 9.17) is 9.47 Å². The Hall–Kier alpha value is -2.71. The molecule has 0 bridgehead atoms. The summed E-state index contributed by atoms with van der Waals surface area (Å²) in [7, 11) is 3.04. The molecular weight excluding hydrogens is 360 g/mol. The Morgan fingerprint density at radius 1 is 1.18 bits per heavy atom. The number of hydrogen-bond donors (Lipinski definition) is 1. The van der Waals surface area contributed by atoms with E-state index in [1.165, 1.54) is 14.2 Å². The Balaban J connectivity index is 1.64. The van der Waals surface area contributed by atoms with E-state index in [1.807, 2.05) is 35.0 Å². The average Bonchev–Trinajstić information content (AvgIpc) is 3.17. The summed E-state index contributed by atoms with van der Waals surface area (Å²) in [6.07, 6.45) is 2.51. The Labute approximate surface area is 164 Å². The van der Waals surface area contributed by atoms with Crippen LogP contribution >= 0.6 is 0 Å². The summed E-state index contributed by atoms with van der Waals surface area (Å²) >= 11 is 0. The molecule has 3 rings (SSSR count). The van der Waals surface area contributed by atoms with Crippen LogP contribution in [0.25, 0.3) is 0 Å². The first-order valence-corrected chi connectivity index (χ1v) is 9.33. The number of methoxy groups -OCH3 is 2. The van der Waals surface area contributed by atoms with E-state index in [1.54, 1.807) is 17.2 Å². The molecule has 1 N–H and O–H groups in total. The molecule has 2 amide bonds. The minimum Gasteiger partial charge on any atom is -0.375 e. The number of anilines is 1. The number of piperidine rings is 1. The van der Waals surface area contributed by atoms with Crippen LogP contribution in [0.1, 0.15) is 30.6 Å². The number of likely N-dealkylation sites (tertiary alicyclic amines) is 1. The smallest absolute Gasteiger partial charge is 0.259 e. The first-order valence-electron chi connectivity index (χ1n) is 9.33. The van der Waals surface area contributed by atoms with Gasteiger partial charge in [-0.05, 0) is 18.4 Å². The van der Waals surface area contributed by atoms with E-state index in [9.17, 15) is 9.59 Å². The van der Waals surface area contributed by atoms with Crippen molar-refractivity contribution in [3.05, 3.63) is 48.2 Å². The Morgan fingerprint density at radius 3 is 2.54 bits per heavy atom. The van der Waals surface area contributed by atoms with Crippen LogP contribution in [-0.4, -0.2) is 60.4 Å². The molecule has 150 valence electrons. The van der Waals surface area contributed by atoms with Gasteiger partial charge in [-0.2, -0.15) is 5.10 Å². The molecule has 8 heteroatoms. The van der Waals surface area contributed by atoms with Crippen LogP contribution < -0.4 is 5.32 Å². The molecule has 1 aromatic heterocycles. The highest BCUT2D eigenvalue weighted by molar-refractivity contribution is 5.94. The van der Waals surface area contributed by atoms with Gasteiger partial charge in [-0.3, -0.25) is 9.59 Å². The van der Waals surface area contributed by atoms with E-state index in [-0.39, 0.29) is 24.5 Å². The van der Waals surface area contributed by atoms with E-state index >= 15 is 0 Å². The normalized spacial score (nSPS) is 16.0. The van der Waals surface area contributed by atoms with Crippen LogP contribution in [0.15, 0.2) is 42.6 Å². The molecular formula is C20H26N4O4. The molecule has 0 saturated carbocycles. The fraction of sp³-hybridized carbons (Fsp3) is 0.450. The van der Waals surface area contributed by atoms with Crippen LogP contribution in [0.2, 0.25) is 0 Å². The summed E-state index contributed by atoms with van der Waals surface area (Å²) in [5.41, 5.74) is 0.790. The molecule has 0 unspecified atom stereocenters. The molecule has 28 heavy (non-hydrogen) atoms. The zero-order valence-electron chi connectivity index (χ0n) is 16.2. The third-order valence-corrected chi connectivity index (χ3v) is 4.93. The second-order valence-corrected chi connectivity index (χ2v) is 6.72. The molecule has 1 fully saturated rings. The number of benzene rings is 1. The van der Waals surface area contributed by atoms with Gasteiger partial charge in [-0.1, -0.05) is 30.3 Å². The van der Waals surface area contributed by atoms with Crippen LogP contribution in [0.4, 0.5) is 5.82 Å². The minimum absolute atomic E-state index is 0.000684. The number of rotatable bonds is 7. The van der Waals surface area contributed by atoms with Gasteiger partial charge >= 0.3 is 0 Å². The van der Waals surface area contributed by atoms with Gasteiger partial charge in [0.15, 0.2) is 6.10 Å². The fourth-order valence-corrected chi connectivity index (χ4v) is 3.49. The Kier molecular flexibility index (Phi) is 6.78. The van der Waals surface area contributed by atoms with Crippen molar-refractivity contribution in [3.8, 4) is 0 Å². The van der Waals surface area contributed by atoms with Crippen molar-refractivity contribution in [1.29, 1.82) is 0 Å². The number of aromatic nitrogens is 2. The fourth-order valence-electron chi connectivity index (χ4n) is 3.49. The van der Waals surface area contributed by atoms with Crippen LogP contribution in [-0.2, 0) is 19.1 Å². The first kappa shape index (κ1) is 20.0. The molecule has 0 spiro atoms. The van der Waals surface area contributed by atoms with Crippen LogP contribution in [0.5, 0.6) is 0 Å². The number of ether oxygens (including phenoxy) is 2. The zero-order valence-corrected chi connectivity index (χ0v) is 16.2. The van der Waals surface area contributed by atoms with E-state index < -0.39 is 6.10 Å². The van der Waals surface area contributed by atoms with Gasteiger partial charge in [0.2, 0.25) is 5.91 Å². The number of carbonyl (C=O) groups is 2. The van der Waals surface area contributed by atoms with Gasteiger partial charge in [0.05, 0.1) is 12.2 Å². The van der Waals surface area contributed by atoms with Gasteiger partial charge in [0.1, 0.15) is 12.4 Å². The van der Waals surface area contributed by atoms with Crippen molar-refractivity contribution in [2.45, 2.75) is 25.0 Å². The maximum Gasteiger partial charge on any atom is 0.259 e. The first-order chi connectivity index (χ1) is 13.6. The van der Waals surface area contributed by atoms with E-state index in [0.717, 1.165) is 18.4 Å². The van der Waals surface area contributed by atoms with Gasteiger partial charge in [0, 0.05) is 33.4 Å². The van der Waals surface area contributed by atoms with Crippen molar-refractivity contribution in [1.82, 2.24) is 14.7 Å². The number of carbonyl (C=O) groups excluding carboxylic acids is 2. The lowest BCUT2D eigenvalue weighted by atomic mass is 10.1. The molecule has 8 nitrogen and oxygen atoms in total. The van der Waals surface area contributed by atoms with Crippen molar-refractivity contribution in [3.63, 3.8) is 0 Å². The van der Waals surface area contributed by atoms with E-state index in [2.05, 4.69) is 10.4 Å². The summed E-state index contributed by atoms with van der Waals surface area (Å²) in [6.45, 7) is 1.39. The molecule has 2 aromatic rings. The number of hydrogen-bond acceptors (Lipinski definition) is 5. The molecule has 0 aliphatic carbocycles. The summed E-state index contributed by atoms with van der Waals surface area (Å²) in [5.74, 6) is 0.383. The summed E-state index contributed by atoms with van der Waals surface area (Å²) in [4.78, 5) is 26.5. The molecule has 1 saturated heterocycles. The highest BCUT2D eigenvalue weighted by atomic mass is 16.5. The maximum absolute atomic E-state index is 12.7. The summed E-state index contributed by atoms with van der Waals surface area (Å²) in [6, 6.07) is 11.3. The lowest BCUT2D eigenvalue weighted by Crippen LogP contribution is -2.41. The third kappa shape index (κ3) is 4.58. The monoisotopic (exact) mass is 386 g/mol. The Bertz CT molecular complexity index is 785. The SMILES string of the molecule is COCC(=O)N1CCC(n2nccc2NC(=O)[C@H](OC)c2ccccc2)CC1. The van der Waals surface area contributed by atoms with E-state index in [0.29, 0.717) is 18.9 Å². The molecule has 1 aliphatic rings. The topological polar surface area (TPSA) is 85.7 Å². The largest absolute Gasteiger partial charge is 0.375 e. The number of nitrogens with zero attached hydrogens (tertiary/aromatic N) is 3. The lowest BCUT2D eigenvalue weighted by molar-refractivity contribution is -0.136. The van der Waals surface area contributed by atoms with Gasteiger partial charge < -0.3 is 19.7 Å². The average molecular weight is 386 g/mol. The highest BCUT2D eigenvalue weighted by Crippen LogP contribution is 2.26. The molecule has 1 atom stereocenters. The molecule has 2 heterocycles. The second kappa shape index (κ2) is 9.48. The van der Waals surface area contributed by atoms with Crippen LogP contribution in [0.3, 0.4) is 0 Å². The minimum atomic E-state index is -0.696. The van der Waals surface area contributed by atoms with Crippen molar-refractivity contribution < 1.29 is 19.1 Å². The number of amides is 2. The predicted molar refractivity (Wildman–Crippen MR) is 104 cm³/mol. The van der Waals surface area contributed by atoms with Crippen LogP contribution in [0, 0.1) is 0 Å².